The Balaban J connectivity index is 1.74. The largest absolute Gasteiger partial charge is 0.453 e. The molecule has 170 valence electrons. The molecule has 0 aliphatic carbocycles. The number of halogens is 2. The maximum absolute atomic E-state index is 14.8. The molecule has 2 aromatic carbocycles. The molecule has 2 aliphatic rings. The molecule has 33 heavy (non-hydrogen) atoms. The van der Waals surface area contributed by atoms with Crippen LogP contribution in [0.1, 0.15) is 17.5 Å². The predicted octanol–water partition coefficient (Wildman–Crippen LogP) is 3.05. The van der Waals surface area contributed by atoms with Crippen molar-refractivity contribution in [3.63, 3.8) is 0 Å². The number of methoxy groups -OCH3 is 1. The number of anilines is 1. The molecule has 1 spiro atoms. The Bertz CT molecular complexity index is 1160. The summed E-state index contributed by atoms with van der Waals surface area (Å²) in [6.45, 7) is -0.0324. The van der Waals surface area contributed by atoms with Gasteiger partial charge in [-0.05, 0) is 42.3 Å². The predicted molar refractivity (Wildman–Crippen MR) is 120 cm³/mol. The highest BCUT2D eigenvalue weighted by Crippen LogP contribution is 2.37. The molecule has 0 saturated carbocycles. The molecule has 0 aromatic heterocycles. The lowest BCUT2D eigenvalue weighted by molar-refractivity contribution is -0.151. The smallest absolute Gasteiger partial charge is 0.409 e. The fourth-order valence-corrected chi connectivity index (χ4v) is 4.52. The Morgan fingerprint density at radius 3 is 2.61 bits per heavy atom. The van der Waals surface area contributed by atoms with Crippen LogP contribution in [0.25, 0.3) is 0 Å². The van der Waals surface area contributed by atoms with E-state index in [1.54, 1.807) is 24.3 Å². The lowest BCUT2D eigenvalue weighted by Crippen LogP contribution is -2.69. The highest BCUT2D eigenvalue weighted by Gasteiger charge is 2.57. The SMILES string of the molecule is C#Cc1ccc(N2CC(=O)N(Cc3ccc(Cl)cc3)[C@]3(CCN(C(=O)OC)C3)C2=O)c(F)c1. The van der Waals surface area contributed by atoms with Gasteiger partial charge in [0.1, 0.15) is 17.9 Å². The molecule has 7 nitrogen and oxygen atoms in total. The Morgan fingerprint density at radius 2 is 1.97 bits per heavy atom. The van der Waals surface area contributed by atoms with Crippen LogP contribution in [0.2, 0.25) is 5.02 Å². The molecule has 0 unspecified atom stereocenters. The summed E-state index contributed by atoms with van der Waals surface area (Å²) in [7, 11) is 1.25. The number of piperazine rings is 1. The second-order valence-electron chi connectivity index (χ2n) is 7.98. The number of ether oxygens (including phenoxy) is 1. The van der Waals surface area contributed by atoms with Crippen molar-refractivity contribution in [1.82, 2.24) is 9.80 Å². The molecular formula is C24H21ClFN3O4. The number of carbonyl (C=O) groups is 3. The molecular weight excluding hydrogens is 449 g/mol. The van der Waals surface area contributed by atoms with E-state index in [1.165, 1.54) is 29.0 Å². The van der Waals surface area contributed by atoms with Crippen molar-refractivity contribution in [2.45, 2.75) is 18.5 Å². The van der Waals surface area contributed by atoms with Crippen LogP contribution in [0.4, 0.5) is 14.9 Å². The lowest BCUT2D eigenvalue weighted by atomic mass is 9.90. The van der Waals surface area contributed by atoms with E-state index in [0.29, 0.717) is 10.6 Å². The van der Waals surface area contributed by atoms with Gasteiger partial charge in [0.15, 0.2) is 0 Å². The maximum atomic E-state index is 14.8. The number of amides is 3. The van der Waals surface area contributed by atoms with Crippen LogP contribution in [0, 0.1) is 18.2 Å². The van der Waals surface area contributed by atoms with Crippen molar-refractivity contribution in [2.75, 3.05) is 31.6 Å². The highest BCUT2D eigenvalue weighted by atomic mass is 35.5. The van der Waals surface area contributed by atoms with Crippen LogP contribution in [-0.2, 0) is 20.9 Å². The lowest BCUT2D eigenvalue weighted by Gasteiger charge is -2.47. The highest BCUT2D eigenvalue weighted by molar-refractivity contribution is 6.30. The summed E-state index contributed by atoms with van der Waals surface area (Å²) in [5.41, 5.74) is -0.298. The van der Waals surface area contributed by atoms with E-state index in [2.05, 4.69) is 5.92 Å². The molecule has 2 saturated heterocycles. The van der Waals surface area contributed by atoms with Gasteiger partial charge in [-0.25, -0.2) is 9.18 Å². The van der Waals surface area contributed by atoms with E-state index in [4.69, 9.17) is 22.8 Å². The molecule has 2 fully saturated rings. The van der Waals surface area contributed by atoms with Crippen LogP contribution < -0.4 is 4.90 Å². The summed E-state index contributed by atoms with van der Waals surface area (Å²) in [6.07, 6.45) is 4.93. The molecule has 1 atom stereocenters. The molecule has 0 radical (unpaired) electrons. The third-order valence-electron chi connectivity index (χ3n) is 6.09. The quantitative estimate of drug-likeness (QED) is 0.648. The molecule has 4 rings (SSSR count). The minimum atomic E-state index is -1.36. The van der Waals surface area contributed by atoms with Crippen LogP contribution in [-0.4, -0.2) is 60.0 Å². The van der Waals surface area contributed by atoms with Gasteiger partial charge in [-0.2, -0.15) is 0 Å². The third-order valence-corrected chi connectivity index (χ3v) is 6.35. The third kappa shape index (κ3) is 4.00. The number of nitrogens with zero attached hydrogens (tertiary/aromatic N) is 3. The van der Waals surface area contributed by atoms with Crippen molar-refractivity contribution >= 4 is 35.2 Å². The first-order valence-corrected chi connectivity index (χ1v) is 10.6. The number of rotatable bonds is 3. The summed E-state index contributed by atoms with van der Waals surface area (Å²) >= 11 is 5.97. The van der Waals surface area contributed by atoms with E-state index in [9.17, 15) is 18.8 Å². The molecule has 3 amide bonds. The normalized spacial score (nSPS) is 20.4. The van der Waals surface area contributed by atoms with Crippen LogP contribution in [0.5, 0.6) is 0 Å². The molecule has 9 heteroatoms. The van der Waals surface area contributed by atoms with Gasteiger partial charge < -0.3 is 14.5 Å². The monoisotopic (exact) mass is 469 g/mol. The summed E-state index contributed by atoms with van der Waals surface area (Å²) in [4.78, 5) is 43.4. The van der Waals surface area contributed by atoms with E-state index in [-0.39, 0.29) is 44.2 Å². The van der Waals surface area contributed by atoms with E-state index in [1.807, 2.05) is 0 Å². The summed E-state index contributed by atoms with van der Waals surface area (Å²) in [6, 6.07) is 11.0. The van der Waals surface area contributed by atoms with Gasteiger partial charge in [-0.3, -0.25) is 14.5 Å². The van der Waals surface area contributed by atoms with Crippen LogP contribution in [0.3, 0.4) is 0 Å². The maximum Gasteiger partial charge on any atom is 0.409 e. The first-order chi connectivity index (χ1) is 15.8. The zero-order chi connectivity index (χ0) is 23.8. The number of likely N-dealkylation sites (tertiary alicyclic amines) is 1. The van der Waals surface area contributed by atoms with Gasteiger partial charge in [0, 0.05) is 23.7 Å². The number of benzene rings is 2. The average molecular weight is 470 g/mol. The van der Waals surface area contributed by atoms with Gasteiger partial charge >= 0.3 is 6.09 Å². The van der Waals surface area contributed by atoms with E-state index in [0.717, 1.165) is 16.5 Å². The number of terminal acetylenes is 1. The summed E-state index contributed by atoms with van der Waals surface area (Å²) in [5, 5.41) is 0.546. The molecule has 0 N–H and O–H groups in total. The number of hydrogen-bond donors (Lipinski definition) is 0. The molecule has 2 aliphatic heterocycles. The second-order valence-corrected chi connectivity index (χ2v) is 8.42. The van der Waals surface area contributed by atoms with Crippen molar-refractivity contribution in [3.05, 3.63) is 64.4 Å². The van der Waals surface area contributed by atoms with E-state index >= 15 is 0 Å². The number of carbonyl (C=O) groups excluding carboxylic acids is 3. The standard InChI is InChI=1S/C24H21ClFN3O4/c1-3-16-6-9-20(19(26)12-16)28-14-21(30)29(13-17-4-7-18(25)8-5-17)24(22(28)31)10-11-27(15-24)23(32)33-2/h1,4-9,12H,10-11,13-15H2,2H3/t24-/m0/s1. The fourth-order valence-electron chi connectivity index (χ4n) is 4.39. The van der Waals surface area contributed by atoms with Gasteiger partial charge in [-0.1, -0.05) is 29.7 Å². The molecule has 0 bridgehead atoms. The fraction of sp³-hybridized carbons (Fsp3) is 0.292. The molecule has 2 heterocycles. The average Bonchev–Trinajstić information content (AvgIpc) is 3.26. The van der Waals surface area contributed by atoms with Crippen LogP contribution >= 0.6 is 11.6 Å². The summed E-state index contributed by atoms with van der Waals surface area (Å²) in [5.74, 6) is 0.818. The summed E-state index contributed by atoms with van der Waals surface area (Å²) < 4.78 is 19.6. The van der Waals surface area contributed by atoms with Gasteiger partial charge in [-0.15, -0.1) is 6.42 Å². The van der Waals surface area contributed by atoms with Gasteiger partial charge in [0.05, 0.1) is 19.3 Å². The Labute approximate surface area is 195 Å². The van der Waals surface area contributed by atoms with Crippen molar-refractivity contribution in [3.8, 4) is 12.3 Å². The Kier molecular flexibility index (Phi) is 6.00. The zero-order valence-electron chi connectivity index (χ0n) is 17.9. The van der Waals surface area contributed by atoms with Crippen molar-refractivity contribution in [2.24, 2.45) is 0 Å². The Hall–Kier alpha value is -3.57. The minimum Gasteiger partial charge on any atom is -0.453 e. The van der Waals surface area contributed by atoms with Gasteiger partial charge in [0.25, 0.3) is 5.91 Å². The molecule has 2 aromatic rings. The first kappa shape index (κ1) is 22.6. The number of hydrogen-bond acceptors (Lipinski definition) is 4. The van der Waals surface area contributed by atoms with Crippen molar-refractivity contribution in [1.29, 1.82) is 0 Å². The van der Waals surface area contributed by atoms with Crippen LogP contribution in [0.15, 0.2) is 42.5 Å². The van der Waals surface area contributed by atoms with E-state index < -0.39 is 23.4 Å². The van der Waals surface area contributed by atoms with Crippen molar-refractivity contribution < 1.29 is 23.5 Å². The zero-order valence-corrected chi connectivity index (χ0v) is 18.6. The first-order valence-electron chi connectivity index (χ1n) is 10.2. The topological polar surface area (TPSA) is 70.2 Å². The Morgan fingerprint density at radius 1 is 1.24 bits per heavy atom. The second kappa shape index (κ2) is 8.75. The minimum absolute atomic E-state index is 0.0330. The van der Waals surface area contributed by atoms with Gasteiger partial charge in [0.2, 0.25) is 5.91 Å².